The zero-order chi connectivity index (χ0) is 6.69. The average molecular weight is 168 g/mol. The first-order valence-electron chi connectivity index (χ1n) is 2.59. The predicted molar refractivity (Wildman–Crippen MR) is 37.7 cm³/mol. The Labute approximate surface area is 61.8 Å². The summed E-state index contributed by atoms with van der Waals surface area (Å²) >= 11 is 3.52. The van der Waals surface area contributed by atoms with Crippen molar-refractivity contribution in [1.29, 1.82) is 0 Å². The van der Waals surface area contributed by atoms with E-state index in [9.17, 15) is 4.21 Å². The van der Waals surface area contributed by atoms with Gasteiger partial charge in [-0.3, -0.25) is 4.21 Å². The van der Waals surface area contributed by atoms with E-state index in [0.717, 1.165) is 0 Å². The van der Waals surface area contributed by atoms with E-state index >= 15 is 0 Å². The molecule has 2 atom stereocenters. The van der Waals surface area contributed by atoms with Crippen LogP contribution in [0, 0.1) is 0 Å². The summed E-state index contributed by atoms with van der Waals surface area (Å²) < 4.78 is 20.3. The number of rotatable bonds is 2. The van der Waals surface area contributed by atoms with Crippen molar-refractivity contribution in [3.63, 3.8) is 0 Å². The second-order valence-electron chi connectivity index (χ2n) is 1.68. The molecule has 1 fully saturated rings. The zero-order valence-corrected chi connectivity index (χ0v) is 6.49. The number of hydrogen-bond donors (Lipinski definition) is 1. The van der Waals surface area contributed by atoms with Gasteiger partial charge >= 0.3 is 0 Å². The third-order valence-electron chi connectivity index (χ3n) is 1.09. The van der Waals surface area contributed by atoms with E-state index in [1.807, 2.05) is 0 Å². The summed E-state index contributed by atoms with van der Waals surface area (Å²) in [6, 6.07) is 0. The highest BCUT2D eigenvalue weighted by Gasteiger charge is 2.23. The summed E-state index contributed by atoms with van der Waals surface area (Å²) in [5.74, 6) is 0.627. The topological polar surface area (TPSA) is 35.5 Å². The Balaban J connectivity index is 2.31. The monoisotopic (exact) mass is 168 g/mol. The van der Waals surface area contributed by atoms with Crippen molar-refractivity contribution in [3.05, 3.63) is 0 Å². The van der Waals surface area contributed by atoms with Crippen LogP contribution in [0.15, 0.2) is 0 Å². The SMILES string of the molecule is O=S1CCOC1COS. The first-order valence-corrected chi connectivity index (χ1v) is 4.34. The molecule has 5 heteroatoms. The Morgan fingerprint density at radius 2 is 2.67 bits per heavy atom. The van der Waals surface area contributed by atoms with Crippen molar-refractivity contribution in [2.24, 2.45) is 0 Å². The number of ether oxygens (including phenoxy) is 1. The van der Waals surface area contributed by atoms with Gasteiger partial charge in [0.25, 0.3) is 0 Å². The molecule has 0 spiro atoms. The molecule has 0 bridgehead atoms. The van der Waals surface area contributed by atoms with Crippen molar-refractivity contribution < 1.29 is 13.1 Å². The van der Waals surface area contributed by atoms with Crippen molar-refractivity contribution in [3.8, 4) is 0 Å². The van der Waals surface area contributed by atoms with Gasteiger partial charge < -0.3 is 8.92 Å². The number of thiol groups is 1. The third-order valence-corrected chi connectivity index (χ3v) is 2.67. The lowest BCUT2D eigenvalue weighted by Gasteiger charge is -2.03. The molecular weight excluding hydrogens is 160 g/mol. The molecule has 0 aliphatic carbocycles. The molecule has 0 amide bonds. The minimum atomic E-state index is -0.857. The lowest BCUT2D eigenvalue weighted by Crippen LogP contribution is -2.16. The lowest BCUT2D eigenvalue weighted by molar-refractivity contribution is 0.107. The maximum atomic E-state index is 10.8. The lowest BCUT2D eigenvalue weighted by atomic mass is 10.7. The molecule has 1 aliphatic rings. The molecule has 0 aromatic heterocycles. The van der Waals surface area contributed by atoms with Gasteiger partial charge in [0.05, 0.1) is 24.0 Å². The van der Waals surface area contributed by atoms with Crippen LogP contribution in [-0.2, 0) is 19.7 Å². The van der Waals surface area contributed by atoms with Crippen LogP contribution < -0.4 is 0 Å². The first-order chi connectivity index (χ1) is 4.34. The standard InChI is InChI=1S/C4H8O3S2/c5-9-2-1-6-4(9)3-7-8/h4,8H,1-3H2. The normalized spacial score (nSPS) is 35.2. The summed E-state index contributed by atoms with van der Waals surface area (Å²) in [6.07, 6.45) is 0. The molecule has 1 heterocycles. The summed E-state index contributed by atoms with van der Waals surface area (Å²) in [5, 5.41) is 0. The average Bonchev–Trinajstić information content (AvgIpc) is 2.18. The second-order valence-corrected chi connectivity index (χ2v) is 3.63. The largest absolute Gasteiger partial charge is 0.362 e. The quantitative estimate of drug-likeness (QED) is 0.464. The van der Waals surface area contributed by atoms with Crippen LogP contribution in [0.3, 0.4) is 0 Å². The molecule has 3 nitrogen and oxygen atoms in total. The molecule has 54 valence electrons. The highest BCUT2D eigenvalue weighted by molar-refractivity contribution is 7.85. The van der Waals surface area contributed by atoms with Crippen molar-refractivity contribution in [2.45, 2.75) is 5.44 Å². The molecule has 1 rings (SSSR count). The summed E-state index contributed by atoms with van der Waals surface area (Å²) in [7, 11) is -0.857. The molecule has 0 N–H and O–H groups in total. The van der Waals surface area contributed by atoms with Crippen molar-refractivity contribution >= 4 is 23.7 Å². The maximum Gasteiger partial charge on any atom is 0.157 e. The zero-order valence-electron chi connectivity index (χ0n) is 4.78. The Morgan fingerprint density at radius 3 is 3.11 bits per heavy atom. The first kappa shape index (κ1) is 7.53. The Hall–Kier alpha value is 0.420. The molecular formula is C4H8O3S2. The minimum absolute atomic E-state index is 0.248. The Morgan fingerprint density at radius 1 is 1.89 bits per heavy atom. The van der Waals surface area contributed by atoms with Crippen LogP contribution in [0.4, 0.5) is 0 Å². The molecule has 0 saturated carbocycles. The highest BCUT2D eigenvalue weighted by Crippen LogP contribution is 2.08. The van der Waals surface area contributed by atoms with Crippen LogP contribution in [0.5, 0.6) is 0 Å². The number of hydrogen-bond acceptors (Lipinski definition) is 4. The van der Waals surface area contributed by atoms with E-state index in [2.05, 4.69) is 17.1 Å². The van der Waals surface area contributed by atoms with Gasteiger partial charge in [0.1, 0.15) is 0 Å². The Bertz CT molecular complexity index is 116. The molecule has 0 aromatic carbocycles. The summed E-state index contributed by atoms with van der Waals surface area (Å²) in [5.41, 5.74) is -0.248. The van der Waals surface area contributed by atoms with Gasteiger partial charge in [0, 0.05) is 5.75 Å². The van der Waals surface area contributed by atoms with Crippen LogP contribution in [0.1, 0.15) is 0 Å². The molecule has 2 unspecified atom stereocenters. The minimum Gasteiger partial charge on any atom is -0.362 e. The van der Waals surface area contributed by atoms with E-state index in [4.69, 9.17) is 4.74 Å². The third kappa shape index (κ3) is 1.93. The van der Waals surface area contributed by atoms with E-state index in [1.54, 1.807) is 0 Å². The van der Waals surface area contributed by atoms with Crippen molar-refractivity contribution in [1.82, 2.24) is 0 Å². The molecule has 1 aliphatic heterocycles. The fraction of sp³-hybridized carbons (Fsp3) is 1.00. The predicted octanol–water partition coefficient (Wildman–Crippen LogP) is -0.0472. The van der Waals surface area contributed by atoms with Gasteiger partial charge in [0.15, 0.2) is 5.44 Å². The van der Waals surface area contributed by atoms with E-state index < -0.39 is 10.8 Å². The smallest absolute Gasteiger partial charge is 0.157 e. The molecule has 1 saturated heterocycles. The molecule has 9 heavy (non-hydrogen) atoms. The second kappa shape index (κ2) is 3.55. The van der Waals surface area contributed by atoms with Gasteiger partial charge in [-0.1, -0.05) is 0 Å². The van der Waals surface area contributed by atoms with Gasteiger partial charge in [-0.2, -0.15) is 0 Å². The molecule has 0 aromatic rings. The van der Waals surface area contributed by atoms with E-state index in [0.29, 0.717) is 19.0 Å². The fourth-order valence-corrected chi connectivity index (χ4v) is 1.88. The van der Waals surface area contributed by atoms with Gasteiger partial charge in [-0.25, -0.2) is 0 Å². The van der Waals surface area contributed by atoms with Gasteiger partial charge in [-0.05, 0) is 12.9 Å². The van der Waals surface area contributed by atoms with Crippen LogP contribution >= 0.6 is 12.9 Å². The van der Waals surface area contributed by atoms with Crippen molar-refractivity contribution in [2.75, 3.05) is 19.0 Å². The summed E-state index contributed by atoms with van der Waals surface area (Å²) in [6.45, 7) is 0.893. The van der Waals surface area contributed by atoms with Gasteiger partial charge in [-0.15, -0.1) is 0 Å². The van der Waals surface area contributed by atoms with Crippen LogP contribution in [0.25, 0.3) is 0 Å². The van der Waals surface area contributed by atoms with Crippen LogP contribution in [0.2, 0.25) is 0 Å². The molecule has 0 radical (unpaired) electrons. The highest BCUT2D eigenvalue weighted by atomic mass is 32.2. The Kier molecular flexibility index (Phi) is 2.97. The van der Waals surface area contributed by atoms with Crippen LogP contribution in [-0.4, -0.2) is 28.6 Å². The fourth-order valence-electron chi connectivity index (χ4n) is 0.654. The van der Waals surface area contributed by atoms with E-state index in [-0.39, 0.29) is 5.44 Å². The summed E-state index contributed by atoms with van der Waals surface area (Å²) in [4.78, 5) is 0. The van der Waals surface area contributed by atoms with E-state index in [1.165, 1.54) is 0 Å². The van der Waals surface area contributed by atoms with Gasteiger partial charge in [0.2, 0.25) is 0 Å². The maximum absolute atomic E-state index is 10.8.